The van der Waals surface area contributed by atoms with E-state index < -0.39 is 12.1 Å². The van der Waals surface area contributed by atoms with Crippen LogP contribution in [-0.4, -0.2) is 23.0 Å². The minimum atomic E-state index is -0.882. The predicted molar refractivity (Wildman–Crippen MR) is 114 cm³/mol. The molecule has 0 spiro atoms. The zero-order valence-corrected chi connectivity index (χ0v) is 17.6. The first-order valence-corrected chi connectivity index (χ1v) is 10.8. The molecule has 0 saturated heterocycles. The van der Waals surface area contributed by atoms with E-state index in [1.54, 1.807) is 18.3 Å². The molecule has 3 aromatic rings. The van der Waals surface area contributed by atoms with Crippen molar-refractivity contribution in [2.24, 2.45) is 0 Å². The summed E-state index contributed by atoms with van der Waals surface area (Å²) in [5.41, 5.74) is 3.57. The van der Waals surface area contributed by atoms with Crippen LogP contribution in [0.25, 0.3) is 10.6 Å². The van der Waals surface area contributed by atoms with Gasteiger partial charge in [-0.25, -0.2) is 4.98 Å². The minimum Gasteiger partial charge on any atom is -0.452 e. The van der Waals surface area contributed by atoms with Gasteiger partial charge >= 0.3 is 5.97 Å². The number of carbonyl (C=O) groups excluding carboxylic acids is 2. The highest BCUT2D eigenvalue weighted by Crippen LogP contribution is 2.26. The average Bonchev–Trinajstić information content (AvgIpc) is 3.33. The van der Waals surface area contributed by atoms with Gasteiger partial charge in [0.05, 0.1) is 12.1 Å². The van der Waals surface area contributed by atoms with E-state index in [2.05, 4.69) is 24.1 Å². The second-order valence-electron chi connectivity index (χ2n) is 6.73. The molecule has 3 rings (SSSR count). The third-order valence-electron chi connectivity index (χ3n) is 4.17. The zero-order chi connectivity index (χ0) is 20.1. The van der Waals surface area contributed by atoms with Crippen LogP contribution in [0.1, 0.15) is 37.9 Å². The van der Waals surface area contributed by atoms with Crippen molar-refractivity contribution in [2.75, 3.05) is 5.32 Å². The number of benzene rings is 1. The van der Waals surface area contributed by atoms with Gasteiger partial charge in [0.15, 0.2) is 6.10 Å². The third kappa shape index (κ3) is 5.27. The molecule has 146 valence electrons. The molecule has 2 heterocycles. The van der Waals surface area contributed by atoms with Crippen LogP contribution >= 0.6 is 22.7 Å². The second-order valence-corrected chi connectivity index (χ2v) is 8.37. The molecule has 1 amide bonds. The van der Waals surface area contributed by atoms with Crippen LogP contribution in [0.4, 0.5) is 5.69 Å². The van der Waals surface area contributed by atoms with Crippen LogP contribution in [-0.2, 0) is 20.7 Å². The van der Waals surface area contributed by atoms with Gasteiger partial charge in [0, 0.05) is 22.0 Å². The Bertz CT molecular complexity index is 931. The molecule has 28 heavy (non-hydrogen) atoms. The Morgan fingerprint density at radius 3 is 2.50 bits per heavy atom. The van der Waals surface area contributed by atoms with E-state index in [0.717, 1.165) is 10.6 Å². The van der Waals surface area contributed by atoms with Crippen LogP contribution < -0.4 is 5.32 Å². The van der Waals surface area contributed by atoms with Crippen molar-refractivity contribution in [3.05, 3.63) is 57.7 Å². The number of anilines is 1. The topological polar surface area (TPSA) is 68.3 Å². The number of hydrogen-bond acceptors (Lipinski definition) is 6. The lowest BCUT2D eigenvalue weighted by Gasteiger charge is -2.14. The van der Waals surface area contributed by atoms with Crippen molar-refractivity contribution >= 4 is 40.2 Å². The summed E-state index contributed by atoms with van der Waals surface area (Å²) in [6, 6.07) is 9.65. The van der Waals surface area contributed by atoms with E-state index in [4.69, 9.17) is 4.74 Å². The number of carbonyl (C=O) groups is 2. The molecule has 1 aromatic carbocycles. The van der Waals surface area contributed by atoms with E-state index in [-0.39, 0.29) is 12.3 Å². The first-order valence-electron chi connectivity index (χ1n) is 8.99. The molecule has 1 atom stereocenters. The SMILES string of the molecule is CC(C)c1ccc(NC(=O)[C@@H](C)OC(=O)Cc2csc(-c3ccsc3)n2)cc1. The van der Waals surface area contributed by atoms with E-state index in [1.165, 1.54) is 16.9 Å². The van der Waals surface area contributed by atoms with Crippen LogP contribution in [0.5, 0.6) is 0 Å². The van der Waals surface area contributed by atoms with Gasteiger partial charge in [-0.1, -0.05) is 26.0 Å². The molecule has 0 bridgehead atoms. The van der Waals surface area contributed by atoms with Crippen LogP contribution in [0.2, 0.25) is 0 Å². The fraction of sp³-hybridized carbons (Fsp3) is 0.286. The first-order chi connectivity index (χ1) is 13.4. The molecule has 2 aromatic heterocycles. The second kappa shape index (κ2) is 9.12. The van der Waals surface area contributed by atoms with Gasteiger partial charge in [-0.15, -0.1) is 11.3 Å². The van der Waals surface area contributed by atoms with E-state index in [0.29, 0.717) is 17.3 Å². The monoisotopic (exact) mass is 414 g/mol. The Hall–Kier alpha value is -2.51. The summed E-state index contributed by atoms with van der Waals surface area (Å²) in [6.07, 6.45) is -0.839. The number of ether oxygens (including phenoxy) is 1. The van der Waals surface area contributed by atoms with E-state index >= 15 is 0 Å². The number of hydrogen-bond donors (Lipinski definition) is 1. The molecule has 0 aliphatic heterocycles. The summed E-state index contributed by atoms with van der Waals surface area (Å²) < 4.78 is 5.27. The fourth-order valence-corrected chi connectivity index (χ4v) is 4.07. The summed E-state index contributed by atoms with van der Waals surface area (Å²) in [4.78, 5) is 28.9. The maximum Gasteiger partial charge on any atom is 0.312 e. The largest absolute Gasteiger partial charge is 0.452 e. The maximum atomic E-state index is 12.3. The van der Waals surface area contributed by atoms with Crippen molar-refractivity contribution in [1.82, 2.24) is 4.98 Å². The van der Waals surface area contributed by atoms with Gasteiger partial charge in [-0.05, 0) is 42.0 Å². The fourth-order valence-electron chi connectivity index (χ4n) is 2.54. The number of rotatable bonds is 7. The minimum absolute atomic E-state index is 0.0430. The predicted octanol–water partition coefficient (Wildman–Crippen LogP) is 5.11. The summed E-state index contributed by atoms with van der Waals surface area (Å²) in [5.74, 6) is -0.404. The highest BCUT2D eigenvalue weighted by Gasteiger charge is 2.19. The Labute approximate surface area is 172 Å². The van der Waals surface area contributed by atoms with Crippen molar-refractivity contribution in [3.8, 4) is 10.6 Å². The van der Waals surface area contributed by atoms with Crippen molar-refractivity contribution in [1.29, 1.82) is 0 Å². The number of nitrogens with one attached hydrogen (secondary N) is 1. The van der Waals surface area contributed by atoms with Gasteiger partial charge < -0.3 is 10.1 Å². The number of thiazole rings is 1. The maximum absolute atomic E-state index is 12.3. The molecule has 1 N–H and O–H groups in total. The molecule has 0 unspecified atom stereocenters. The lowest BCUT2D eigenvalue weighted by molar-refractivity contribution is -0.152. The standard InChI is InChI=1S/C21H22N2O3S2/c1-13(2)15-4-6-17(7-5-15)22-20(25)14(3)26-19(24)10-18-12-28-21(23-18)16-8-9-27-11-16/h4-9,11-14H,10H2,1-3H3,(H,22,25)/t14-/m1/s1. The van der Waals surface area contributed by atoms with Gasteiger partial charge in [-0.3, -0.25) is 9.59 Å². The molecule has 0 aliphatic carbocycles. The molecule has 5 nitrogen and oxygen atoms in total. The normalized spacial score (nSPS) is 12.0. The van der Waals surface area contributed by atoms with Gasteiger partial charge in [0.1, 0.15) is 5.01 Å². The Balaban J connectivity index is 1.51. The Morgan fingerprint density at radius 2 is 1.86 bits per heavy atom. The smallest absolute Gasteiger partial charge is 0.312 e. The van der Waals surface area contributed by atoms with E-state index in [9.17, 15) is 9.59 Å². The number of esters is 1. The quantitative estimate of drug-likeness (QED) is 0.546. The van der Waals surface area contributed by atoms with Gasteiger partial charge in [0.25, 0.3) is 5.91 Å². The van der Waals surface area contributed by atoms with Gasteiger partial charge in [0.2, 0.25) is 0 Å². The summed E-state index contributed by atoms with van der Waals surface area (Å²) in [6.45, 7) is 5.79. The lowest BCUT2D eigenvalue weighted by Crippen LogP contribution is -2.30. The number of aromatic nitrogens is 1. The summed E-state index contributed by atoms with van der Waals surface area (Å²) in [7, 11) is 0. The summed E-state index contributed by atoms with van der Waals surface area (Å²) in [5, 5.41) is 9.49. The first kappa shape index (κ1) is 20.2. The third-order valence-corrected chi connectivity index (χ3v) is 5.79. The van der Waals surface area contributed by atoms with Crippen molar-refractivity contribution < 1.29 is 14.3 Å². The van der Waals surface area contributed by atoms with Crippen LogP contribution in [0.3, 0.4) is 0 Å². The number of nitrogens with zero attached hydrogens (tertiary/aromatic N) is 1. The summed E-state index contributed by atoms with van der Waals surface area (Å²) >= 11 is 3.09. The Kier molecular flexibility index (Phi) is 6.59. The average molecular weight is 415 g/mol. The number of amides is 1. The molecule has 0 radical (unpaired) electrons. The Morgan fingerprint density at radius 1 is 1.11 bits per heavy atom. The van der Waals surface area contributed by atoms with Crippen LogP contribution in [0, 0.1) is 0 Å². The molecule has 0 aliphatic rings. The van der Waals surface area contributed by atoms with Gasteiger partial charge in [-0.2, -0.15) is 11.3 Å². The lowest BCUT2D eigenvalue weighted by atomic mass is 10.0. The number of thiophene rings is 1. The molecule has 7 heteroatoms. The molecular formula is C21H22N2O3S2. The molecular weight excluding hydrogens is 392 g/mol. The molecule has 0 saturated carbocycles. The molecule has 0 fully saturated rings. The van der Waals surface area contributed by atoms with E-state index in [1.807, 2.05) is 46.5 Å². The van der Waals surface area contributed by atoms with Crippen molar-refractivity contribution in [3.63, 3.8) is 0 Å². The highest BCUT2D eigenvalue weighted by molar-refractivity contribution is 7.14. The van der Waals surface area contributed by atoms with Crippen LogP contribution in [0.15, 0.2) is 46.5 Å². The zero-order valence-electron chi connectivity index (χ0n) is 16.0. The van der Waals surface area contributed by atoms with Crippen molar-refractivity contribution in [2.45, 2.75) is 39.2 Å². The highest BCUT2D eigenvalue weighted by atomic mass is 32.1.